The van der Waals surface area contributed by atoms with Crippen molar-refractivity contribution in [1.29, 1.82) is 0 Å². The fourth-order valence-electron chi connectivity index (χ4n) is 4.60. The number of amides is 1. The van der Waals surface area contributed by atoms with E-state index in [4.69, 9.17) is 9.47 Å². The lowest BCUT2D eigenvalue weighted by molar-refractivity contribution is -0.140. The maximum Gasteiger partial charge on any atom is 0.412 e. The predicted molar refractivity (Wildman–Crippen MR) is 149 cm³/mol. The summed E-state index contributed by atoms with van der Waals surface area (Å²) in [4.78, 5) is 14.7. The molecule has 0 radical (unpaired) electrons. The molecule has 0 spiro atoms. The van der Waals surface area contributed by atoms with E-state index >= 15 is 0 Å². The molecule has 0 bridgehead atoms. The molecule has 42 heavy (non-hydrogen) atoms. The van der Waals surface area contributed by atoms with Crippen LogP contribution in [0.2, 0.25) is 0 Å². The van der Waals surface area contributed by atoms with Crippen LogP contribution in [0, 0.1) is 17.7 Å². The molecule has 226 valence electrons. The molecule has 1 fully saturated rings. The first kappa shape index (κ1) is 31.0. The lowest BCUT2D eigenvalue weighted by Crippen LogP contribution is -2.44. The minimum absolute atomic E-state index is 0.0428. The van der Waals surface area contributed by atoms with Gasteiger partial charge < -0.3 is 29.6 Å². The number of piperidine rings is 1. The van der Waals surface area contributed by atoms with Gasteiger partial charge in [-0.05, 0) is 63.2 Å². The van der Waals surface area contributed by atoms with E-state index in [0.717, 1.165) is 36.0 Å². The predicted octanol–water partition coefficient (Wildman–Crippen LogP) is 4.40. The smallest absolute Gasteiger partial charge is 0.412 e. The highest BCUT2D eigenvalue weighted by molar-refractivity contribution is 7.90. The van der Waals surface area contributed by atoms with Gasteiger partial charge in [0.1, 0.15) is 23.9 Å². The summed E-state index contributed by atoms with van der Waals surface area (Å²) in [6.45, 7) is 0.0778. The third-order valence-electron chi connectivity index (χ3n) is 6.71. The van der Waals surface area contributed by atoms with Crippen LogP contribution in [0.3, 0.4) is 0 Å². The Hall–Kier alpha value is -3.96. The molecule has 1 aliphatic rings. The van der Waals surface area contributed by atoms with Gasteiger partial charge in [0.05, 0.1) is 35.4 Å². The van der Waals surface area contributed by atoms with E-state index in [9.17, 15) is 30.8 Å². The monoisotopic (exact) mass is 610 g/mol. The highest BCUT2D eigenvalue weighted by Gasteiger charge is 2.30. The van der Waals surface area contributed by atoms with Gasteiger partial charge in [-0.2, -0.15) is 13.2 Å². The van der Waals surface area contributed by atoms with Crippen molar-refractivity contribution < 1.29 is 40.2 Å². The van der Waals surface area contributed by atoms with Gasteiger partial charge in [0, 0.05) is 29.8 Å². The Bertz CT molecular complexity index is 1640. The summed E-state index contributed by atoms with van der Waals surface area (Å²) in [6.07, 6.45) is -3.01. The Morgan fingerprint density at radius 3 is 2.48 bits per heavy atom. The van der Waals surface area contributed by atoms with Crippen molar-refractivity contribution in [2.24, 2.45) is 0 Å². The molecule has 2 N–H and O–H groups in total. The molecule has 1 aliphatic heterocycles. The fraction of sp³-hybridized carbons (Fsp3) is 0.393. The van der Waals surface area contributed by atoms with Gasteiger partial charge in [-0.1, -0.05) is 5.92 Å². The first-order chi connectivity index (χ1) is 19.7. The van der Waals surface area contributed by atoms with Gasteiger partial charge in [0.15, 0.2) is 9.84 Å². The Morgan fingerprint density at radius 2 is 1.83 bits per heavy atom. The normalized spacial score (nSPS) is 14.7. The molecule has 1 saturated heterocycles. The van der Waals surface area contributed by atoms with Crippen LogP contribution in [0.15, 0.2) is 41.3 Å². The number of carbonyl (C=O) groups excluding carboxylic acids is 1. The Morgan fingerprint density at radius 1 is 1.12 bits per heavy atom. The molecule has 14 heteroatoms. The first-order valence-electron chi connectivity index (χ1n) is 12.9. The number of alkyl halides is 3. The number of likely N-dealkylation sites (tertiary alicyclic amines) is 1. The lowest BCUT2D eigenvalue weighted by atomic mass is 10.1. The van der Waals surface area contributed by atoms with Gasteiger partial charge in [0.2, 0.25) is 0 Å². The van der Waals surface area contributed by atoms with E-state index in [0.29, 0.717) is 18.5 Å². The van der Waals surface area contributed by atoms with Crippen molar-refractivity contribution >= 4 is 32.5 Å². The van der Waals surface area contributed by atoms with Gasteiger partial charge in [0.25, 0.3) is 0 Å². The van der Waals surface area contributed by atoms with Crippen LogP contribution in [0.25, 0.3) is 10.9 Å². The number of methoxy groups -OCH3 is 1. The van der Waals surface area contributed by atoms with Gasteiger partial charge in [-0.3, -0.25) is 0 Å². The maximum absolute atomic E-state index is 14.5. The summed E-state index contributed by atoms with van der Waals surface area (Å²) in [5, 5.41) is 5.76. The fourth-order valence-corrected chi connectivity index (χ4v) is 5.24. The number of sulfone groups is 1. The number of nitrogens with zero attached hydrogens (tertiary/aromatic N) is 2. The largest absolute Gasteiger partial charge is 0.495 e. The number of hydrogen-bond acceptors (Lipinski definition) is 7. The van der Waals surface area contributed by atoms with Crippen LogP contribution in [0.1, 0.15) is 18.5 Å². The van der Waals surface area contributed by atoms with Crippen LogP contribution in [0.4, 0.5) is 28.0 Å². The number of hydrogen-bond donors (Lipinski definition) is 2. The van der Waals surface area contributed by atoms with E-state index in [2.05, 4.69) is 27.4 Å². The average Bonchev–Trinajstić information content (AvgIpc) is 3.23. The van der Waals surface area contributed by atoms with Crippen molar-refractivity contribution in [2.45, 2.75) is 36.5 Å². The third-order valence-corrected chi connectivity index (χ3v) is 7.82. The van der Waals surface area contributed by atoms with E-state index in [1.807, 2.05) is 7.05 Å². The van der Waals surface area contributed by atoms with Crippen LogP contribution in [-0.4, -0.2) is 76.2 Å². The zero-order chi connectivity index (χ0) is 30.7. The molecule has 0 aliphatic carbocycles. The minimum atomic E-state index is -4.64. The Balaban J connectivity index is 1.59. The average molecular weight is 611 g/mol. The molecule has 0 atom stereocenters. The van der Waals surface area contributed by atoms with Crippen molar-refractivity contribution in [3.63, 3.8) is 0 Å². The first-order valence-corrected chi connectivity index (χ1v) is 14.8. The zero-order valence-corrected chi connectivity index (χ0v) is 24.0. The molecule has 1 amide bonds. The van der Waals surface area contributed by atoms with Crippen molar-refractivity contribution in [3.8, 4) is 23.3 Å². The van der Waals surface area contributed by atoms with E-state index in [1.165, 1.54) is 31.4 Å². The quantitative estimate of drug-likeness (QED) is 0.302. The Kier molecular flexibility index (Phi) is 9.22. The molecular weight excluding hydrogens is 580 g/mol. The number of fused-ring (bicyclic) bond motifs is 1. The molecule has 0 unspecified atom stereocenters. The molecule has 9 nitrogen and oxygen atoms in total. The summed E-state index contributed by atoms with van der Waals surface area (Å²) in [7, 11) is -0.135. The number of rotatable bonds is 7. The topological polar surface area (TPSA) is 102 Å². The highest BCUT2D eigenvalue weighted by Crippen LogP contribution is 2.33. The van der Waals surface area contributed by atoms with Gasteiger partial charge >= 0.3 is 12.3 Å². The highest BCUT2D eigenvalue weighted by atomic mass is 32.2. The van der Waals surface area contributed by atoms with E-state index < -0.39 is 34.5 Å². The molecule has 3 aromatic rings. The summed E-state index contributed by atoms with van der Waals surface area (Å²) < 4.78 is 90.1. The van der Waals surface area contributed by atoms with E-state index in [1.54, 1.807) is 0 Å². The molecule has 0 saturated carbocycles. The standard InChI is InChI=1S/C28H30F4N4O5S/c1-35-11-8-19(9-12-35)34-27(37)41-25-14-18(29)13-24-22(25)15-20(36(24)17-28(30,31)32)5-4-10-33-23-7-6-21(42(3,38)39)16-26(23)40-2/h6-7,13-16,19,33H,8-12,17H2,1-3H3,(H,34,37). The maximum atomic E-state index is 14.5. The second-order valence-corrected chi connectivity index (χ2v) is 12.0. The Labute approximate surface area is 240 Å². The van der Waals surface area contributed by atoms with Crippen molar-refractivity contribution in [1.82, 2.24) is 14.8 Å². The van der Waals surface area contributed by atoms with Gasteiger partial charge in [-0.15, -0.1) is 0 Å². The number of carbonyl (C=O) groups is 1. The van der Waals surface area contributed by atoms with E-state index in [-0.39, 0.29) is 45.6 Å². The minimum Gasteiger partial charge on any atom is -0.495 e. The number of nitrogens with one attached hydrogen (secondary N) is 2. The number of aromatic nitrogens is 1. The molecule has 2 heterocycles. The van der Waals surface area contributed by atoms with Crippen LogP contribution in [-0.2, 0) is 16.4 Å². The van der Waals surface area contributed by atoms with Crippen molar-refractivity contribution in [2.75, 3.05) is 45.4 Å². The molecule has 4 rings (SSSR count). The number of benzene rings is 2. The van der Waals surface area contributed by atoms with Crippen LogP contribution in [0.5, 0.6) is 11.5 Å². The van der Waals surface area contributed by atoms with Gasteiger partial charge in [-0.25, -0.2) is 17.6 Å². The van der Waals surface area contributed by atoms with Crippen LogP contribution >= 0.6 is 0 Å². The summed E-state index contributed by atoms with van der Waals surface area (Å²) in [5.74, 6) is 4.53. The zero-order valence-electron chi connectivity index (χ0n) is 23.1. The summed E-state index contributed by atoms with van der Waals surface area (Å²) in [6, 6.07) is 7.26. The number of halogens is 4. The second-order valence-electron chi connectivity index (χ2n) is 9.97. The molecule has 2 aromatic carbocycles. The summed E-state index contributed by atoms with van der Waals surface area (Å²) >= 11 is 0. The van der Waals surface area contributed by atoms with Crippen molar-refractivity contribution in [3.05, 3.63) is 47.9 Å². The SMILES string of the molecule is COc1cc(S(C)(=O)=O)ccc1NCC#Cc1cc2c(OC(=O)NC3CCN(C)CC3)cc(F)cc2n1CC(F)(F)F. The number of ether oxygens (including phenoxy) is 2. The number of anilines is 1. The third kappa shape index (κ3) is 7.86. The molecular formula is C28H30F4N4O5S. The van der Waals surface area contributed by atoms with Crippen LogP contribution < -0.4 is 20.1 Å². The lowest BCUT2D eigenvalue weighted by Gasteiger charge is -2.29. The molecule has 1 aromatic heterocycles. The summed E-state index contributed by atoms with van der Waals surface area (Å²) in [5.41, 5.74) is 0.211. The second kappa shape index (κ2) is 12.5.